The number of hydrogen-bond donors (Lipinski definition) is 1. The first kappa shape index (κ1) is 15.2. The van der Waals surface area contributed by atoms with Crippen molar-refractivity contribution in [1.82, 2.24) is 9.80 Å². The van der Waals surface area contributed by atoms with Gasteiger partial charge in [0.15, 0.2) is 0 Å². The lowest BCUT2D eigenvalue weighted by molar-refractivity contribution is 0.0496. The van der Waals surface area contributed by atoms with Gasteiger partial charge in [0, 0.05) is 25.2 Å². The summed E-state index contributed by atoms with van der Waals surface area (Å²) in [5.41, 5.74) is 0. The smallest absolute Gasteiger partial charge is 0.0597 e. The van der Waals surface area contributed by atoms with Crippen molar-refractivity contribution < 1.29 is 9.84 Å². The standard InChI is InChI=1S/C15H30N2O2/c1-13(2)19-10-9-16-7-3-5-14(16)11-17-8-4-6-15(17)12-18/h13-15,18H,3-12H2,1-2H3. The Bertz CT molecular complexity index is 261. The molecular formula is C15H30N2O2. The van der Waals surface area contributed by atoms with Crippen molar-refractivity contribution in [3.8, 4) is 0 Å². The number of hydrogen-bond acceptors (Lipinski definition) is 4. The molecule has 2 fully saturated rings. The molecule has 2 aliphatic heterocycles. The lowest BCUT2D eigenvalue weighted by Crippen LogP contribution is -2.44. The average Bonchev–Trinajstić information content (AvgIpc) is 2.99. The van der Waals surface area contributed by atoms with Gasteiger partial charge in [-0.05, 0) is 52.6 Å². The Labute approximate surface area is 117 Å². The fourth-order valence-corrected chi connectivity index (χ4v) is 3.41. The first-order chi connectivity index (χ1) is 9.20. The summed E-state index contributed by atoms with van der Waals surface area (Å²) in [6.45, 7) is 9.92. The maximum absolute atomic E-state index is 9.40. The number of likely N-dealkylation sites (tertiary alicyclic amines) is 2. The fourth-order valence-electron chi connectivity index (χ4n) is 3.41. The largest absolute Gasteiger partial charge is 0.395 e. The van der Waals surface area contributed by atoms with E-state index in [4.69, 9.17) is 4.74 Å². The third-order valence-corrected chi connectivity index (χ3v) is 4.48. The van der Waals surface area contributed by atoms with Crippen molar-refractivity contribution in [3.63, 3.8) is 0 Å². The Morgan fingerprint density at radius 3 is 2.47 bits per heavy atom. The molecule has 4 heteroatoms. The van der Waals surface area contributed by atoms with Crippen molar-refractivity contribution >= 4 is 0 Å². The van der Waals surface area contributed by atoms with Crippen LogP contribution in [0.5, 0.6) is 0 Å². The topological polar surface area (TPSA) is 35.9 Å². The summed E-state index contributed by atoms with van der Waals surface area (Å²) in [7, 11) is 0. The molecule has 0 bridgehead atoms. The molecule has 2 unspecified atom stereocenters. The van der Waals surface area contributed by atoms with Crippen molar-refractivity contribution in [2.75, 3.05) is 39.4 Å². The second-order valence-corrected chi connectivity index (χ2v) is 6.23. The molecule has 0 aliphatic carbocycles. The second-order valence-electron chi connectivity index (χ2n) is 6.23. The lowest BCUT2D eigenvalue weighted by Gasteiger charge is -2.31. The van der Waals surface area contributed by atoms with E-state index in [2.05, 4.69) is 23.6 Å². The molecule has 2 rings (SSSR count). The quantitative estimate of drug-likeness (QED) is 0.757. The summed E-state index contributed by atoms with van der Waals surface area (Å²) in [6, 6.07) is 1.08. The minimum atomic E-state index is 0.323. The first-order valence-corrected chi connectivity index (χ1v) is 7.91. The van der Waals surface area contributed by atoms with E-state index in [1.807, 2.05) is 0 Å². The number of nitrogens with zero attached hydrogens (tertiary/aromatic N) is 2. The summed E-state index contributed by atoms with van der Waals surface area (Å²) in [5, 5.41) is 9.40. The van der Waals surface area contributed by atoms with Gasteiger partial charge in [-0.1, -0.05) is 0 Å². The highest BCUT2D eigenvalue weighted by molar-refractivity contribution is 4.86. The Balaban J connectivity index is 1.75. The van der Waals surface area contributed by atoms with Crippen molar-refractivity contribution in [2.24, 2.45) is 0 Å². The normalized spacial score (nSPS) is 29.7. The Hall–Kier alpha value is -0.160. The summed E-state index contributed by atoms with van der Waals surface area (Å²) in [4.78, 5) is 5.07. The van der Waals surface area contributed by atoms with Gasteiger partial charge in [0.05, 0.1) is 19.3 Å². The lowest BCUT2D eigenvalue weighted by atomic mass is 10.2. The Morgan fingerprint density at radius 1 is 1.11 bits per heavy atom. The van der Waals surface area contributed by atoms with Gasteiger partial charge in [0.25, 0.3) is 0 Å². The van der Waals surface area contributed by atoms with E-state index in [0.29, 0.717) is 24.8 Å². The van der Waals surface area contributed by atoms with Gasteiger partial charge in [0.2, 0.25) is 0 Å². The van der Waals surface area contributed by atoms with Crippen LogP contribution >= 0.6 is 0 Å². The van der Waals surface area contributed by atoms with E-state index in [9.17, 15) is 5.11 Å². The highest BCUT2D eigenvalue weighted by Gasteiger charge is 2.30. The fraction of sp³-hybridized carbons (Fsp3) is 1.00. The maximum Gasteiger partial charge on any atom is 0.0597 e. The summed E-state index contributed by atoms with van der Waals surface area (Å²) in [6.07, 6.45) is 5.35. The van der Waals surface area contributed by atoms with Crippen molar-refractivity contribution in [3.05, 3.63) is 0 Å². The van der Waals surface area contributed by atoms with Gasteiger partial charge in [-0.2, -0.15) is 0 Å². The zero-order valence-electron chi connectivity index (χ0n) is 12.6. The van der Waals surface area contributed by atoms with E-state index < -0.39 is 0 Å². The van der Waals surface area contributed by atoms with E-state index in [1.54, 1.807) is 0 Å². The SMILES string of the molecule is CC(C)OCCN1CCCC1CN1CCCC1CO. The van der Waals surface area contributed by atoms with Gasteiger partial charge in [-0.3, -0.25) is 9.80 Å². The third kappa shape index (κ3) is 4.42. The molecule has 0 aromatic rings. The number of aliphatic hydroxyl groups excluding tert-OH is 1. The molecular weight excluding hydrogens is 240 g/mol. The van der Waals surface area contributed by atoms with Crippen LogP contribution < -0.4 is 0 Å². The zero-order valence-corrected chi connectivity index (χ0v) is 12.6. The highest BCUT2D eigenvalue weighted by atomic mass is 16.5. The minimum Gasteiger partial charge on any atom is -0.395 e. The van der Waals surface area contributed by atoms with Gasteiger partial charge in [0.1, 0.15) is 0 Å². The highest BCUT2D eigenvalue weighted by Crippen LogP contribution is 2.23. The monoisotopic (exact) mass is 270 g/mol. The molecule has 0 saturated carbocycles. The van der Waals surface area contributed by atoms with E-state index in [1.165, 1.54) is 32.2 Å². The molecule has 0 amide bonds. The molecule has 19 heavy (non-hydrogen) atoms. The molecule has 2 atom stereocenters. The van der Waals surface area contributed by atoms with Gasteiger partial charge in [-0.15, -0.1) is 0 Å². The molecule has 4 nitrogen and oxygen atoms in total. The predicted octanol–water partition coefficient (Wildman–Crippen LogP) is 1.33. The predicted molar refractivity (Wildman–Crippen MR) is 77.4 cm³/mol. The summed E-state index contributed by atoms with van der Waals surface area (Å²) in [5.74, 6) is 0. The molecule has 2 aliphatic rings. The van der Waals surface area contributed by atoms with Crippen molar-refractivity contribution in [2.45, 2.75) is 57.7 Å². The molecule has 2 saturated heterocycles. The van der Waals surface area contributed by atoms with E-state index >= 15 is 0 Å². The molecule has 112 valence electrons. The van der Waals surface area contributed by atoms with Crippen LogP contribution in [0, 0.1) is 0 Å². The number of rotatable bonds is 7. The van der Waals surface area contributed by atoms with Crippen molar-refractivity contribution in [1.29, 1.82) is 0 Å². The number of aliphatic hydroxyl groups is 1. The zero-order chi connectivity index (χ0) is 13.7. The molecule has 0 spiro atoms. The molecule has 1 N–H and O–H groups in total. The number of ether oxygens (including phenoxy) is 1. The summed E-state index contributed by atoms with van der Waals surface area (Å²) >= 11 is 0. The van der Waals surface area contributed by atoms with Crippen LogP contribution in [-0.4, -0.2) is 72.5 Å². The molecule has 0 aromatic carbocycles. The van der Waals surface area contributed by atoms with Gasteiger partial charge >= 0.3 is 0 Å². The van der Waals surface area contributed by atoms with Gasteiger partial charge < -0.3 is 9.84 Å². The van der Waals surface area contributed by atoms with E-state index in [-0.39, 0.29) is 0 Å². The third-order valence-electron chi connectivity index (χ3n) is 4.48. The maximum atomic E-state index is 9.40. The van der Waals surface area contributed by atoms with E-state index in [0.717, 1.165) is 26.2 Å². The molecule has 0 radical (unpaired) electrons. The van der Waals surface area contributed by atoms with Crippen LogP contribution in [0.1, 0.15) is 39.5 Å². The van der Waals surface area contributed by atoms with Crippen LogP contribution in [0.2, 0.25) is 0 Å². The average molecular weight is 270 g/mol. The van der Waals surface area contributed by atoms with Gasteiger partial charge in [-0.25, -0.2) is 0 Å². The van der Waals surface area contributed by atoms with Crippen LogP contribution in [0.15, 0.2) is 0 Å². The second kappa shape index (κ2) is 7.58. The first-order valence-electron chi connectivity index (χ1n) is 7.91. The van der Waals surface area contributed by atoms with Crippen LogP contribution in [0.25, 0.3) is 0 Å². The Kier molecular flexibility index (Phi) is 6.07. The minimum absolute atomic E-state index is 0.323. The van der Waals surface area contributed by atoms with Crippen LogP contribution in [0.3, 0.4) is 0 Å². The van der Waals surface area contributed by atoms with Crippen LogP contribution in [-0.2, 0) is 4.74 Å². The molecule has 0 aromatic heterocycles. The Morgan fingerprint density at radius 2 is 1.79 bits per heavy atom. The molecule has 2 heterocycles. The van der Waals surface area contributed by atoms with Crippen LogP contribution in [0.4, 0.5) is 0 Å². The summed E-state index contributed by atoms with van der Waals surface area (Å²) < 4.78 is 5.67.